The standard InChI is InChI=1S/C9H12N2O3/c1-3-14-9(13)5-11-4-8(6-12)7(2)10-11/h4,6H,3,5H2,1-2H3. The number of esters is 1. The van der Waals surface area contributed by atoms with Crippen molar-refractivity contribution < 1.29 is 14.3 Å². The van der Waals surface area contributed by atoms with Gasteiger partial charge in [0, 0.05) is 6.20 Å². The summed E-state index contributed by atoms with van der Waals surface area (Å²) >= 11 is 0. The monoisotopic (exact) mass is 196 g/mol. The Labute approximate surface area is 81.7 Å². The van der Waals surface area contributed by atoms with Gasteiger partial charge in [-0.15, -0.1) is 0 Å². The van der Waals surface area contributed by atoms with E-state index in [0.29, 0.717) is 24.2 Å². The Morgan fingerprint density at radius 1 is 1.71 bits per heavy atom. The third-order valence-corrected chi connectivity index (χ3v) is 1.71. The van der Waals surface area contributed by atoms with Gasteiger partial charge in [-0.1, -0.05) is 0 Å². The SMILES string of the molecule is CCOC(=O)Cn1cc(C=O)c(C)n1. The molecule has 1 rings (SSSR count). The molecule has 0 unspecified atom stereocenters. The van der Waals surface area contributed by atoms with Crippen LogP contribution in [0.5, 0.6) is 0 Å². The summed E-state index contributed by atoms with van der Waals surface area (Å²) in [5.74, 6) is -0.354. The molecular weight excluding hydrogens is 184 g/mol. The lowest BCUT2D eigenvalue weighted by atomic mass is 10.3. The fourth-order valence-corrected chi connectivity index (χ4v) is 1.07. The Balaban J connectivity index is 2.68. The van der Waals surface area contributed by atoms with Crippen LogP contribution < -0.4 is 0 Å². The molecule has 0 radical (unpaired) electrons. The van der Waals surface area contributed by atoms with Gasteiger partial charge in [-0.2, -0.15) is 5.10 Å². The molecule has 0 amide bonds. The van der Waals surface area contributed by atoms with Gasteiger partial charge in [0.15, 0.2) is 6.29 Å². The minimum atomic E-state index is -0.354. The van der Waals surface area contributed by atoms with Crippen molar-refractivity contribution in [1.29, 1.82) is 0 Å². The van der Waals surface area contributed by atoms with Crippen molar-refractivity contribution >= 4 is 12.3 Å². The summed E-state index contributed by atoms with van der Waals surface area (Å²) < 4.78 is 6.14. The lowest BCUT2D eigenvalue weighted by Crippen LogP contribution is -2.13. The molecule has 0 N–H and O–H groups in total. The minimum Gasteiger partial charge on any atom is -0.465 e. The molecule has 0 aromatic carbocycles. The Kier molecular flexibility index (Phi) is 3.39. The first-order chi connectivity index (χ1) is 6.67. The van der Waals surface area contributed by atoms with Crippen molar-refractivity contribution in [2.75, 3.05) is 6.61 Å². The Bertz CT molecular complexity index is 344. The largest absolute Gasteiger partial charge is 0.465 e. The van der Waals surface area contributed by atoms with E-state index in [0.717, 1.165) is 0 Å². The molecule has 0 fully saturated rings. The highest BCUT2D eigenvalue weighted by atomic mass is 16.5. The van der Waals surface area contributed by atoms with Crippen LogP contribution in [0.1, 0.15) is 23.0 Å². The Morgan fingerprint density at radius 2 is 2.43 bits per heavy atom. The number of ether oxygens (including phenoxy) is 1. The van der Waals surface area contributed by atoms with Crippen LogP contribution in [0.15, 0.2) is 6.20 Å². The van der Waals surface area contributed by atoms with E-state index < -0.39 is 0 Å². The summed E-state index contributed by atoms with van der Waals surface area (Å²) in [6.07, 6.45) is 2.24. The highest BCUT2D eigenvalue weighted by molar-refractivity contribution is 5.76. The molecule has 5 heteroatoms. The number of carbonyl (C=O) groups excluding carboxylic acids is 2. The van der Waals surface area contributed by atoms with Crippen molar-refractivity contribution in [1.82, 2.24) is 9.78 Å². The molecule has 0 saturated carbocycles. The van der Waals surface area contributed by atoms with Gasteiger partial charge in [-0.3, -0.25) is 14.3 Å². The molecule has 0 atom stereocenters. The molecule has 1 aromatic rings. The summed E-state index contributed by atoms with van der Waals surface area (Å²) in [4.78, 5) is 21.5. The number of carbonyl (C=O) groups is 2. The fourth-order valence-electron chi connectivity index (χ4n) is 1.07. The fraction of sp³-hybridized carbons (Fsp3) is 0.444. The van der Waals surface area contributed by atoms with Crippen LogP contribution in [0.4, 0.5) is 0 Å². The maximum absolute atomic E-state index is 11.0. The molecule has 1 heterocycles. The van der Waals surface area contributed by atoms with Gasteiger partial charge in [-0.05, 0) is 13.8 Å². The summed E-state index contributed by atoms with van der Waals surface area (Å²) in [7, 11) is 0. The van der Waals surface area contributed by atoms with Crippen molar-refractivity contribution in [3.63, 3.8) is 0 Å². The van der Waals surface area contributed by atoms with Crippen molar-refractivity contribution in [3.8, 4) is 0 Å². The average molecular weight is 196 g/mol. The quantitative estimate of drug-likeness (QED) is 0.521. The molecule has 5 nitrogen and oxygen atoms in total. The van der Waals surface area contributed by atoms with Crippen molar-refractivity contribution in [2.24, 2.45) is 0 Å². The second-order valence-corrected chi connectivity index (χ2v) is 2.79. The second-order valence-electron chi connectivity index (χ2n) is 2.79. The van der Waals surface area contributed by atoms with E-state index >= 15 is 0 Å². The van der Waals surface area contributed by atoms with E-state index in [-0.39, 0.29) is 12.5 Å². The molecule has 0 spiro atoms. The van der Waals surface area contributed by atoms with E-state index in [1.165, 1.54) is 10.9 Å². The average Bonchev–Trinajstić information content (AvgIpc) is 2.46. The first-order valence-electron chi connectivity index (χ1n) is 4.32. The first-order valence-corrected chi connectivity index (χ1v) is 4.32. The first kappa shape index (κ1) is 10.4. The molecule has 0 aliphatic carbocycles. The number of aldehydes is 1. The van der Waals surface area contributed by atoms with E-state index in [9.17, 15) is 9.59 Å². The predicted molar refractivity (Wildman–Crippen MR) is 49.0 cm³/mol. The van der Waals surface area contributed by atoms with Gasteiger partial charge in [0.05, 0.1) is 17.9 Å². The number of nitrogens with zero attached hydrogens (tertiary/aromatic N) is 2. The van der Waals surface area contributed by atoms with Crippen LogP contribution in [0, 0.1) is 6.92 Å². The van der Waals surface area contributed by atoms with Gasteiger partial charge in [-0.25, -0.2) is 0 Å². The molecule has 1 aromatic heterocycles. The summed E-state index contributed by atoms with van der Waals surface area (Å²) in [5.41, 5.74) is 1.11. The minimum absolute atomic E-state index is 0.0442. The number of hydrogen-bond acceptors (Lipinski definition) is 4. The second kappa shape index (κ2) is 4.55. The lowest BCUT2D eigenvalue weighted by Gasteiger charge is -2.00. The normalized spacial score (nSPS) is 9.86. The van der Waals surface area contributed by atoms with Crippen LogP contribution in [0.2, 0.25) is 0 Å². The zero-order valence-electron chi connectivity index (χ0n) is 8.19. The number of rotatable bonds is 4. The Morgan fingerprint density at radius 3 is 2.93 bits per heavy atom. The number of hydrogen-bond donors (Lipinski definition) is 0. The van der Waals surface area contributed by atoms with Gasteiger partial charge < -0.3 is 4.74 Å². The van der Waals surface area contributed by atoms with E-state index in [1.54, 1.807) is 13.8 Å². The third-order valence-electron chi connectivity index (χ3n) is 1.71. The smallest absolute Gasteiger partial charge is 0.327 e. The summed E-state index contributed by atoms with van der Waals surface area (Å²) in [5, 5.41) is 3.99. The van der Waals surface area contributed by atoms with E-state index in [2.05, 4.69) is 5.10 Å². The zero-order valence-corrected chi connectivity index (χ0v) is 8.19. The van der Waals surface area contributed by atoms with Crippen LogP contribution in [0.25, 0.3) is 0 Å². The topological polar surface area (TPSA) is 61.2 Å². The molecule has 0 saturated heterocycles. The van der Waals surface area contributed by atoms with E-state index in [4.69, 9.17) is 4.74 Å². The van der Waals surface area contributed by atoms with Gasteiger partial charge in [0.1, 0.15) is 6.54 Å². The highest BCUT2D eigenvalue weighted by Gasteiger charge is 2.07. The maximum atomic E-state index is 11.0. The molecule has 14 heavy (non-hydrogen) atoms. The molecule has 0 aliphatic rings. The molecule has 0 aliphatic heterocycles. The third kappa shape index (κ3) is 2.42. The van der Waals surface area contributed by atoms with Crippen LogP contribution in [-0.4, -0.2) is 28.6 Å². The maximum Gasteiger partial charge on any atom is 0.327 e. The van der Waals surface area contributed by atoms with Crippen LogP contribution in [0.3, 0.4) is 0 Å². The van der Waals surface area contributed by atoms with Crippen molar-refractivity contribution in [3.05, 3.63) is 17.5 Å². The number of aryl methyl sites for hydroxylation is 1. The molecule has 0 bridgehead atoms. The highest BCUT2D eigenvalue weighted by Crippen LogP contribution is 2.01. The van der Waals surface area contributed by atoms with Gasteiger partial charge >= 0.3 is 5.97 Å². The van der Waals surface area contributed by atoms with Crippen LogP contribution in [-0.2, 0) is 16.1 Å². The van der Waals surface area contributed by atoms with Gasteiger partial charge in [0.25, 0.3) is 0 Å². The van der Waals surface area contributed by atoms with Gasteiger partial charge in [0.2, 0.25) is 0 Å². The zero-order chi connectivity index (χ0) is 10.6. The van der Waals surface area contributed by atoms with Crippen LogP contribution >= 0.6 is 0 Å². The number of aromatic nitrogens is 2. The molecule has 76 valence electrons. The molecular formula is C9H12N2O3. The van der Waals surface area contributed by atoms with E-state index in [1.807, 2.05) is 0 Å². The summed E-state index contributed by atoms with van der Waals surface area (Å²) in [6, 6.07) is 0. The predicted octanol–water partition coefficient (Wildman–Crippen LogP) is 0.567. The summed E-state index contributed by atoms with van der Waals surface area (Å²) in [6.45, 7) is 3.84. The van der Waals surface area contributed by atoms with Crippen molar-refractivity contribution in [2.45, 2.75) is 20.4 Å². The lowest BCUT2D eigenvalue weighted by molar-refractivity contribution is -0.144. The Hall–Kier alpha value is -1.65.